The summed E-state index contributed by atoms with van der Waals surface area (Å²) in [5.74, 6) is -0.503. The molecular formula is C22H23F3N4O2. The van der Waals surface area contributed by atoms with Crippen molar-refractivity contribution >= 4 is 16.9 Å². The van der Waals surface area contributed by atoms with Crippen molar-refractivity contribution in [1.82, 2.24) is 19.7 Å². The Morgan fingerprint density at radius 1 is 1.10 bits per heavy atom. The van der Waals surface area contributed by atoms with Crippen molar-refractivity contribution in [2.45, 2.75) is 39.3 Å². The second kappa shape index (κ2) is 8.20. The van der Waals surface area contributed by atoms with Crippen molar-refractivity contribution in [3.05, 3.63) is 47.2 Å². The van der Waals surface area contributed by atoms with Gasteiger partial charge in [-0.3, -0.25) is 4.79 Å². The monoisotopic (exact) mass is 432 g/mol. The molecule has 1 aliphatic rings. The summed E-state index contributed by atoms with van der Waals surface area (Å²) in [5.41, 5.74) is 0.976. The van der Waals surface area contributed by atoms with E-state index < -0.39 is 11.7 Å². The van der Waals surface area contributed by atoms with E-state index in [9.17, 15) is 18.0 Å². The Balaban J connectivity index is 1.73. The molecule has 0 radical (unpaired) electrons. The number of aromatic nitrogens is 3. The number of ether oxygens (including phenoxy) is 1. The van der Waals surface area contributed by atoms with E-state index in [2.05, 4.69) is 10.1 Å². The van der Waals surface area contributed by atoms with Crippen LogP contribution in [0.1, 0.15) is 36.1 Å². The molecule has 3 heterocycles. The van der Waals surface area contributed by atoms with Crippen molar-refractivity contribution in [3.63, 3.8) is 0 Å². The number of amides is 1. The number of carbonyl (C=O) groups is 1. The Bertz CT molecular complexity index is 1100. The number of halogens is 3. The van der Waals surface area contributed by atoms with E-state index in [-0.39, 0.29) is 35.1 Å². The lowest BCUT2D eigenvalue weighted by molar-refractivity contribution is -0.136. The molecule has 0 aliphatic carbocycles. The van der Waals surface area contributed by atoms with Gasteiger partial charge in [0.1, 0.15) is 0 Å². The van der Waals surface area contributed by atoms with E-state index in [0.717, 1.165) is 30.9 Å². The quantitative estimate of drug-likeness (QED) is 0.611. The molecule has 2 aromatic heterocycles. The molecule has 1 amide bonds. The zero-order chi connectivity index (χ0) is 22.2. The first-order valence-corrected chi connectivity index (χ1v) is 10.2. The van der Waals surface area contributed by atoms with Crippen molar-refractivity contribution in [2.75, 3.05) is 19.7 Å². The Morgan fingerprint density at radius 2 is 1.77 bits per heavy atom. The van der Waals surface area contributed by atoms with Gasteiger partial charge in [0, 0.05) is 19.2 Å². The molecule has 1 fully saturated rings. The van der Waals surface area contributed by atoms with E-state index in [4.69, 9.17) is 4.74 Å². The van der Waals surface area contributed by atoms with Crippen LogP contribution in [0, 0.1) is 13.8 Å². The third-order valence-electron chi connectivity index (χ3n) is 5.43. The second-order valence-electron chi connectivity index (χ2n) is 7.77. The van der Waals surface area contributed by atoms with Crippen LogP contribution in [0.4, 0.5) is 13.2 Å². The van der Waals surface area contributed by atoms with E-state index in [0.29, 0.717) is 18.8 Å². The number of fused-ring (bicyclic) bond motifs is 1. The van der Waals surface area contributed by atoms with Crippen LogP contribution in [-0.4, -0.2) is 45.3 Å². The van der Waals surface area contributed by atoms with Gasteiger partial charge < -0.3 is 9.64 Å². The van der Waals surface area contributed by atoms with Crippen LogP contribution in [0.25, 0.3) is 16.7 Å². The summed E-state index contributed by atoms with van der Waals surface area (Å²) in [6.07, 6.45) is -1.71. The van der Waals surface area contributed by atoms with E-state index >= 15 is 0 Å². The molecule has 0 atom stereocenters. The number of nitrogens with zero attached hydrogens (tertiary/aromatic N) is 4. The molecule has 164 valence electrons. The number of pyridine rings is 1. The SMILES string of the molecule is Cc1ccc(-n2nc(C)c3c(C(F)(F)F)cc(OCC(=O)N4CCCCC4)nc32)cc1. The molecular weight excluding hydrogens is 409 g/mol. The van der Waals surface area contributed by atoms with Crippen LogP contribution in [0.3, 0.4) is 0 Å². The third kappa shape index (κ3) is 4.35. The number of rotatable bonds is 4. The topological polar surface area (TPSA) is 60.3 Å². The van der Waals surface area contributed by atoms with Gasteiger partial charge in [-0.05, 0) is 45.2 Å². The molecule has 4 rings (SSSR count). The average Bonchev–Trinajstić information content (AvgIpc) is 3.08. The molecule has 1 aliphatic heterocycles. The molecule has 3 aromatic rings. The number of alkyl halides is 3. The first-order valence-electron chi connectivity index (χ1n) is 10.2. The van der Waals surface area contributed by atoms with Crippen molar-refractivity contribution < 1.29 is 22.7 Å². The number of hydrogen-bond acceptors (Lipinski definition) is 4. The highest BCUT2D eigenvalue weighted by molar-refractivity contribution is 5.85. The summed E-state index contributed by atoms with van der Waals surface area (Å²) < 4.78 is 48.3. The molecule has 6 nitrogen and oxygen atoms in total. The Kier molecular flexibility index (Phi) is 5.60. The maximum absolute atomic E-state index is 13.8. The smallest absolute Gasteiger partial charge is 0.417 e. The van der Waals surface area contributed by atoms with Crippen LogP contribution < -0.4 is 4.74 Å². The van der Waals surface area contributed by atoms with Crippen molar-refractivity contribution in [2.24, 2.45) is 0 Å². The number of piperidine rings is 1. The molecule has 0 saturated carbocycles. The Labute approximate surface area is 177 Å². The van der Waals surface area contributed by atoms with Gasteiger partial charge in [-0.15, -0.1) is 0 Å². The van der Waals surface area contributed by atoms with Crippen LogP contribution in [0.15, 0.2) is 30.3 Å². The van der Waals surface area contributed by atoms with Crippen molar-refractivity contribution in [3.8, 4) is 11.6 Å². The Morgan fingerprint density at radius 3 is 2.42 bits per heavy atom. The van der Waals surface area contributed by atoms with Gasteiger partial charge in [0.25, 0.3) is 5.91 Å². The highest BCUT2D eigenvalue weighted by Gasteiger charge is 2.36. The lowest BCUT2D eigenvalue weighted by atomic mass is 10.1. The fourth-order valence-electron chi connectivity index (χ4n) is 3.80. The predicted octanol–water partition coefficient (Wildman–Crippen LogP) is 4.45. The van der Waals surface area contributed by atoms with E-state index in [1.807, 2.05) is 19.1 Å². The summed E-state index contributed by atoms with van der Waals surface area (Å²) in [6, 6.07) is 8.08. The summed E-state index contributed by atoms with van der Waals surface area (Å²) in [4.78, 5) is 18.3. The zero-order valence-electron chi connectivity index (χ0n) is 17.4. The van der Waals surface area contributed by atoms with Gasteiger partial charge in [-0.2, -0.15) is 23.3 Å². The number of likely N-dealkylation sites (tertiary alicyclic amines) is 1. The fraction of sp³-hybridized carbons (Fsp3) is 0.409. The van der Waals surface area contributed by atoms with Crippen LogP contribution in [0.5, 0.6) is 5.88 Å². The minimum Gasteiger partial charge on any atom is -0.467 e. The number of aryl methyl sites for hydroxylation is 2. The molecule has 0 unspecified atom stereocenters. The van der Waals surface area contributed by atoms with Gasteiger partial charge in [-0.25, -0.2) is 4.68 Å². The lowest BCUT2D eigenvalue weighted by Gasteiger charge is -2.26. The normalized spacial score (nSPS) is 14.8. The molecule has 1 saturated heterocycles. The second-order valence-corrected chi connectivity index (χ2v) is 7.77. The van der Waals surface area contributed by atoms with Crippen LogP contribution >= 0.6 is 0 Å². The summed E-state index contributed by atoms with van der Waals surface area (Å²) in [5, 5.41) is 4.22. The van der Waals surface area contributed by atoms with E-state index in [1.165, 1.54) is 11.6 Å². The first-order chi connectivity index (χ1) is 14.7. The van der Waals surface area contributed by atoms with Gasteiger partial charge in [-0.1, -0.05) is 17.7 Å². The highest BCUT2D eigenvalue weighted by atomic mass is 19.4. The van der Waals surface area contributed by atoms with Gasteiger partial charge >= 0.3 is 6.18 Å². The minimum absolute atomic E-state index is 0.0385. The summed E-state index contributed by atoms with van der Waals surface area (Å²) in [6.45, 7) is 4.36. The molecule has 0 N–H and O–H groups in total. The van der Waals surface area contributed by atoms with Gasteiger partial charge in [0.2, 0.25) is 5.88 Å². The fourth-order valence-corrected chi connectivity index (χ4v) is 3.80. The van der Waals surface area contributed by atoms with Gasteiger partial charge in [0.05, 0.1) is 22.3 Å². The highest BCUT2D eigenvalue weighted by Crippen LogP contribution is 2.38. The molecule has 9 heteroatoms. The zero-order valence-corrected chi connectivity index (χ0v) is 17.4. The molecule has 31 heavy (non-hydrogen) atoms. The lowest BCUT2D eigenvalue weighted by Crippen LogP contribution is -2.38. The largest absolute Gasteiger partial charge is 0.467 e. The van der Waals surface area contributed by atoms with Gasteiger partial charge in [0.15, 0.2) is 12.3 Å². The third-order valence-corrected chi connectivity index (χ3v) is 5.43. The standard InChI is InChI=1S/C22H23F3N4O2/c1-14-6-8-16(9-7-14)29-21-20(15(2)27-29)17(22(23,24)25)12-18(26-21)31-13-19(30)28-10-4-3-5-11-28/h6-9,12H,3-5,10-11,13H2,1-2H3. The van der Waals surface area contributed by atoms with E-state index in [1.54, 1.807) is 17.0 Å². The first kappa shape index (κ1) is 21.1. The number of hydrogen-bond donors (Lipinski definition) is 0. The maximum Gasteiger partial charge on any atom is 0.417 e. The predicted molar refractivity (Wildman–Crippen MR) is 109 cm³/mol. The number of benzene rings is 1. The molecule has 0 bridgehead atoms. The average molecular weight is 432 g/mol. The molecule has 0 spiro atoms. The van der Waals surface area contributed by atoms with Crippen LogP contribution in [0.2, 0.25) is 0 Å². The summed E-state index contributed by atoms with van der Waals surface area (Å²) in [7, 11) is 0. The Hall–Kier alpha value is -3.10. The van der Waals surface area contributed by atoms with Crippen LogP contribution in [-0.2, 0) is 11.0 Å². The number of carbonyl (C=O) groups excluding carboxylic acids is 1. The summed E-state index contributed by atoms with van der Waals surface area (Å²) >= 11 is 0. The van der Waals surface area contributed by atoms with Crippen molar-refractivity contribution in [1.29, 1.82) is 0 Å². The molecule has 1 aromatic carbocycles. The minimum atomic E-state index is -4.62. The maximum atomic E-state index is 13.8.